The van der Waals surface area contributed by atoms with Crippen molar-refractivity contribution in [3.63, 3.8) is 0 Å². The fraction of sp³-hybridized carbons (Fsp3) is 0.0526. The topological polar surface area (TPSA) is 73.7 Å². The van der Waals surface area contributed by atoms with Gasteiger partial charge in [0.15, 0.2) is 0 Å². The molecule has 0 saturated heterocycles. The normalized spacial score (nSPS) is 10.8. The number of phenols is 1. The molecule has 0 atom stereocenters. The number of hydrogen-bond acceptors (Lipinski definition) is 4. The molecule has 3 rings (SSSR count). The summed E-state index contributed by atoms with van der Waals surface area (Å²) in [6.45, 7) is 0.108. The number of amides is 1. The van der Waals surface area contributed by atoms with E-state index in [-0.39, 0.29) is 18.2 Å². The molecule has 5 nitrogen and oxygen atoms in total. The average molecular weight is 319 g/mol. The molecule has 1 amide bonds. The average Bonchev–Trinajstić information content (AvgIpc) is 2.61. The van der Waals surface area contributed by atoms with Gasteiger partial charge >= 0.3 is 0 Å². The maximum absolute atomic E-state index is 11.8. The first-order valence-corrected chi connectivity index (χ1v) is 7.55. The zero-order chi connectivity index (χ0) is 16.8. The molecule has 120 valence electrons. The van der Waals surface area contributed by atoms with Crippen LogP contribution >= 0.6 is 0 Å². The molecule has 0 unspecified atom stereocenters. The van der Waals surface area contributed by atoms with E-state index in [1.807, 2.05) is 42.5 Å². The molecule has 0 spiro atoms. The highest BCUT2D eigenvalue weighted by molar-refractivity contribution is 5.88. The maximum Gasteiger partial charge on any atom is 0.259 e. The largest absolute Gasteiger partial charge is 0.507 e. The molecule has 0 fully saturated rings. The van der Waals surface area contributed by atoms with Gasteiger partial charge in [0.2, 0.25) is 0 Å². The quantitative estimate of drug-likeness (QED) is 0.500. The van der Waals surface area contributed by atoms with E-state index in [0.717, 1.165) is 16.5 Å². The molecule has 0 radical (unpaired) electrons. The van der Waals surface area contributed by atoms with Gasteiger partial charge in [0, 0.05) is 11.3 Å². The minimum absolute atomic E-state index is 0.108. The van der Waals surface area contributed by atoms with Crippen molar-refractivity contribution in [2.24, 2.45) is 5.10 Å². The lowest BCUT2D eigenvalue weighted by Crippen LogP contribution is -2.25. The van der Waals surface area contributed by atoms with Crippen molar-refractivity contribution in [3.8, 4) is 5.75 Å². The number of fused-ring (bicyclic) bond motifs is 1. The molecule has 5 heteroatoms. The lowest BCUT2D eigenvalue weighted by atomic mass is 10.1. The summed E-state index contributed by atoms with van der Waals surface area (Å²) in [7, 11) is 0. The first kappa shape index (κ1) is 15.6. The standard InChI is InChI=1S/C19H17N3O2/c23-18-8-4-3-7-16(18)12-21-22-19(24)13-20-17-10-9-14-5-1-2-6-15(14)11-17/h1-12,20,23H,13H2,(H,22,24)/b21-12-. The lowest BCUT2D eigenvalue weighted by molar-refractivity contribution is -0.119. The Kier molecular flexibility index (Phi) is 4.72. The minimum Gasteiger partial charge on any atom is -0.507 e. The fourth-order valence-electron chi connectivity index (χ4n) is 2.29. The van der Waals surface area contributed by atoms with E-state index < -0.39 is 0 Å². The van der Waals surface area contributed by atoms with E-state index in [4.69, 9.17) is 0 Å². The molecule has 0 saturated carbocycles. The third kappa shape index (κ3) is 3.89. The summed E-state index contributed by atoms with van der Waals surface area (Å²) in [5.41, 5.74) is 3.83. The number of nitrogens with zero attached hydrogens (tertiary/aromatic N) is 1. The number of carbonyl (C=O) groups is 1. The van der Waals surface area contributed by atoms with Crippen LogP contribution in [0, 0.1) is 0 Å². The Morgan fingerprint density at radius 3 is 2.58 bits per heavy atom. The van der Waals surface area contributed by atoms with Gasteiger partial charge in [0.05, 0.1) is 12.8 Å². The number of rotatable bonds is 5. The van der Waals surface area contributed by atoms with Crippen molar-refractivity contribution >= 4 is 28.6 Å². The van der Waals surface area contributed by atoms with Gasteiger partial charge in [0.1, 0.15) is 5.75 Å². The summed E-state index contributed by atoms with van der Waals surface area (Å²) in [6, 6.07) is 20.7. The minimum atomic E-state index is -0.269. The van der Waals surface area contributed by atoms with E-state index in [9.17, 15) is 9.90 Å². The highest BCUT2D eigenvalue weighted by Crippen LogP contribution is 2.18. The van der Waals surface area contributed by atoms with Gasteiger partial charge in [0.25, 0.3) is 5.91 Å². The van der Waals surface area contributed by atoms with Crippen LogP contribution in [0.4, 0.5) is 5.69 Å². The molecule has 0 aromatic heterocycles. The molecule has 0 bridgehead atoms. The van der Waals surface area contributed by atoms with Gasteiger partial charge < -0.3 is 10.4 Å². The zero-order valence-electron chi connectivity index (χ0n) is 12.9. The Labute approximate surface area is 139 Å². The van der Waals surface area contributed by atoms with Gasteiger partial charge in [-0.15, -0.1) is 0 Å². The van der Waals surface area contributed by atoms with Crippen LogP contribution < -0.4 is 10.7 Å². The number of aromatic hydroxyl groups is 1. The predicted octanol–water partition coefficient (Wildman–Crippen LogP) is 3.11. The molecule has 0 aliphatic rings. The SMILES string of the molecule is O=C(CNc1ccc2ccccc2c1)N/N=C\c1ccccc1O. The summed E-state index contributed by atoms with van der Waals surface area (Å²) in [5, 5.41) is 18.8. The number of nitrogens with one attached hydrogen (secondary N) is 2. The van der Waals surface area contributed by atoms with Crippen molar-refractivity contribution in [1.82, 2.24) is 5.43 Å². The molecule has 24 heavy (non-hydrogen) atoms. The van der Waals surface area contributed by atoms with E-state index in [1.165, 1.54) is 6.21 Å². The van der Waals surface area contributed by atoms with Crippen LogP contribution in [0.2, 0.25) is 0 Å². The number of benzene rings is 3. The summed E-state index contributed by atoms with van der Waals surface area (Å²) < 4.78 is 0. The molecule has 0 aliphatic heterocycles. The van der Waals surface area contributed by atoms with Gasteiger partial charge in [-0.2, -0.15) is 5.10 Å². The molecule has 3 N–H and O–H groups in total. The maximum atomic E-state index is 11.8. The van der Waals surface area contributed by atoms with Crippen LogP contribution in [-0.4, -0.2) is 23.8 Å². The molecular weight excluding hydrogens is 302 g/mol. The number of carbonyl (C=O) groups excluding carboxylic acids is 1. The van der Waals surface area contributed by atoms with Gasteiger partial charge in [-0.05, 0) is 35.0 Å². The predicted molar refractivity (Wildman–Crippen MR) is 96.3 cm³/mol. The van der Waals surface area contributed by atoms with Crippen molar-refractivity contribution in [3.05, 3.63) is 72.3 Å². The van der Waals surface area contributed by atoms with E-state index >= 15 is 0 Å². The summed E-state index contributed by atoms with van der Waals surface area (Å²) >= 11 is 0. The monoisotopic (exact) mass is 319 g/mol. The second-order valence-corrected chi connectivity index (χ2v) is 5.27. The number of para-hydroxylation sites is 1. The molecule has 0 heterocycles. The van der Waals surface area contributed by atoms with Gasteiger partial charge in [-0.25, -0.2) is 5.43 Å². The Bertz CT molecular complexity index is 890. The second kappa shape index (κ2) is 7.28. The number of hydrazone groups is 1. The van der Waals surface area contributed by atoms with Crippen LogP contribution in [0.15, 0.2) is 71.8 Å². The van der Waals surface area contributed by atoms with E-state index in [1.54, 1.807) is 24.3 Å². The third-order valence-corrected chi connectivity index (χ3v) is 3.53. The van der Waals surface area contributed by atoms with Gasteiger partial charge in [-0.1, -0.05) is 42.5 Å². The lowest BCUT2D eigenvalue weighted by Gasteiger charge is -2.06. The summed E-state index contributed by atoms with van der Waals surface area (Å²) in [5.74, 6) is -0.153. The molecule has 0 aliphatic carbocycles. The van der Waals surface area contributed by atoms with E-state index in [0.29, 0.717) is 5.56 Å². The number of anilines is 1. The molecular formula is C19H17N3O2. The Balaban J connectivity index is 1.54. The van der Waals surface area contributed by atoms with Crippen LogP contribution in [-0.2, 0) is 4.79 Å². The van der Waals surface area contributed by atoms with Gasteiger partial charge in [-0.3, -0.25) is 4.79 Å². The van der Waals surface area contributed by atoms with Crippen molar-refractivity contribution in [2.75, 3.05) is 11.9 Å². The molecule has 3 aromatic carbocycles. The Morgan fingerprint density at radius 1 is 1.00 bits per heavy atom. The van der Waals surface area contributed by atoms with Crippen molar-refractivity contribution in [1.29, 1.82) is 0 Å². The second-order valence-electron chi connectivity index (χ2n) is 5.27. The smallest absolute Gasteiger partial charge is 0.259 e. The van der Waals surface area contributed by atoms with Crippen molar-refractivity contribution in [2.45, 2.75) is 0 Å². The summed E-state index contributed by atoms with van der Waals surface area (Å²) in [4.78, 5) is 11.8. The number of hydrogen-bond donors (Lipinski definition) is 3. The van der Waals surface area contributed by atoms with E-state index in [2.05, 4.69) is 15.8 Å². The first-order chi connectivity index (χ1) is 11.7. The third-order valence-electron chi connectivity index (χ3n) is 3.53. The summed E-state index contributed by atoms with van der Waals surface area (Å²) in [6.07, 6.45) is 1.41. The van der Waals surface area contributed by atoms with Crippen LogP contribution in [0.3, 0.4) is 0 Å². The first-order valence-electron chi connectivity index (χ1n) is 7.55. The Hall–Kier alpha value is -3.34. The highest BCUT2D eigenvalue weighted by atomic mass is 16.3. The van der Waals surface area contributed by atoms with Crippen LogP contribution in [0.5, 0.6) is 5.75 Å². The highest BCUT2D eigenvalue weighted by Gasteiger charge is 2.01. The van der Waals surface area contributed by atoms with Crippen molar-refractivity contribution < 1.29 is 9.90 Å². The Morgan fingerprint density at radius 2 is 1.75 bits per heavy atom. The van der Waals surface area contributed by atoms with Crippen LogP contribution in [0.25, 0.3) is 10.8 Å². The number of phenolic OH excluding ortho intramolecular Hbond substituents is 1. The van der Waals surface area contributed by atoms with Crippen LogP contribution in [0.1, 0.15) is 5.56 Å². The fourth-order valence-corrected chi connectivity index (χ4v) is 2.29. The zero-order valence-corrected chi connectivity index (χ0v) is 12.9. The molecule has 3 aromatic rings.